The van der Waals surface area contributed by atoms with Gasteiger partial charge in [0, 0.05) is 5.69 Å². The molecule has 2 amide bonds. The predicted octanol–water partition coefficient (Wildman–Crippen LogP) is 0.293. The van der Waals surface area contributed by atoms with E-state index in [0.717, 1.165) is 4.90 Å². The Morgan fingerprint density at radius 3 is 2.84 bits per heavy atom. The van der Waals surface area contributed by atoms with Crippen molar-refractivity contribution in [1.29, 1.82) is 0 Å². The third-order valence-corrected chi connectivity index (χ3v) is 3.64. The highest BCUT2D eigenvalue weighted by Crippen LogP contribution is 2.48. The molecule has 0 bridgehead atoms. The standard InChI is InChI=1S/C13H14N2O4/c14-8-1-2-10-9(5-8)15(11(17)6-19-10)12(18)13(7-16)3-4-13/h1-2,5,16H,3-4,6-7,14H2. The van der Waals surface area contributed by atoms with Crippen LogP contribution in [0.4, 0.5) is 11.4 Å². The fourth-order valence-corrected chi connectivity index (χ4v) is 2.22. The van der Waals surface area contributed by atoms with Crippen molar-refractivity contribution in [3.05, 3.63) is 18.2 Å². The smallest absolute Gasteiger partial charge is 0.271 e. The number of fused-ring (bicyclic) bond motifs is 1. The van der Waals surface area contributed by atoms with Crippen LogP contribution in [0.5, 0.6) is 5.75 Å². The number of anilines is 2. The normalized spacial score (nSPS) is 19.6. The van der Waals surface area contributed by atoms with Crippen molar-refractivity contribution >= 4 is 23.2 Å². The number of nitrogens with two attached hydrogens (primary N) is 1. The van der Waals surface area contributed by atoms with E-state index in [4.69, 9.17) is 10.5 Å². The van der Waals surface area contributed by atoms with E-state index >= 15 is 0 Å². The highest BCUT2D eigenvalue weighted by Gasteiger charge is 2.53. The predicted molar refractivity (Wildman–Crippen MR) is 67.6 cm³/mol. The SMILES string of the molecule is Nc1ccc2c(c1)N(C(=O)C1(CO)CC1)C(=O)CO2. The summed E-state index contributed by atoms with van der Waals surface area (Å²) in [5, 5.41) is 9.33. The Bertz CT molecular complexity index is 566. The van der Waals surface area contributed by atoms with Gasteiger partial charge in [-0.3, -0.25) is 9.59 Å². The Labute approximate surface area is 109 Å². The van der Waals surface area contributed by atoms with Crippen LogP contribution in [0.3, 0.4) is 0 Å². The molecule has 2 aliphatic rings. The molecule has 1 aromatic rings. The molecule has 0 saturated heterocycles. The highest BCUT2D eigenvalue weighted by atomic mass is 16.5. The fraction of sp³-hybridized carbons (Fsp3) is 0.385. The topological polar surface area (TPSA) is 92.9 Å². The van der Waals surface area contributed by atoms with Crippen molar-refractivity contribution in [3.63, 3.8) is 0 Å². The number of carbonyl (C=O) groups is 2. The number of rotatable bonds is 2. The third-order valence-electron chi connectivity index (χ3n) is 3.64. The Morgan fingerprint density at radius 1 is 1.47 bits per heavy atom. The second-order valence-electron chi connectivity index (χ2n) is 4.99. The molecule has 6 heteroatoms. The summed E-state index contributed by atoms with van der Waals surface area (Å²) >= 11 is 0. The third kappa shape index (κ3) is 1.76. The van der Waals surface area contributed by atoms with Crippen LogP contribution in [-0.4, -0.2) is 30.1 Å². The number of nitrogen functional groups attached to an aromatic ring is 1. The van der Waals surface area contributed by atoms with Crippen molar-refractivity contribution < 1.29 is 19.4 Å². The molecule has 3 N–H and O–H groups in total. The number of nitrogens with zero attached hydrogens (tertiary/aromatic N) is 1. The zero-order valence-corrected chi connectivity index (χ0v) is 10.3. The lowest BCUT2D eigenvalue weighted by molar-refractivity contribution is -0.132. The van der Waals surface area contributed by atoms with E-state index < -0.39 is 11.3 Å². The monoisotopic (exact) mass is 262 g/mol. The van der Waals surface area contributed by atoms with E-state index in [1.807, 2.05) is 0 Å². The Kier molecular flexibility index (Phi) is 2.50. The summed E-state index contributed by atoms with van der Waals surface area (Å²) in [4.78, 5) is 25.5. The number of aliphatic hydroxyl groups excluding tert-OH is 1. The van der Waals surface area contributed by atoms with Crippen LogP contribution in [0.2, 0.25) is 0 Å². The van der Waals surface area contributed by atoms with Gasteiger partial charge in [0.1, 0.15) is 5.75 Å². The van der Waals surface area contributed by atoms with Gasteiger partial charge >= 0.3 is 0 Å². The van der Waals surface area contributed by atoms with Gasteiger partial charge in [0.05, 0.1) is 17.7 Å². The van der Waals surface area contributed by atoms with Gasteiger partial charge in [-0.1, -0.05) is 0 Å². The fourth-order valence-electron chi connectivity index (χ4n) is 2.22. The average molecular weight is 262 g/mol. The summed E-state index contributed by atoms with van der Waals surface area (Å²) < 4.78 is 5.28. The summed E-state index contributed by atoms with van der Waals surface area (Å²) in [6.45, 7) is -0.418. The molecule has 6 nitrogen and oxygen atoms in total. The maximum Gasteiger partial charge on any atom is 0.271 e. The van der Waals surface area contributed by atoms with Gasteiger partial charge in [-0.2, -0.15) is 0 Å². The molecule has 1 fully saturated rings. The molecule has 1 heterocycles. The molecule has 0 atom stereocenters. The van der Waals surface area contributed by atoms with Crippen molar-refractivity contribution in [2.75, 3.05) is 23.8 Å². The van der Waals surface area contributed by atoms with Crippen LogP contribution in [0.25, 0.3) is 0 Å². The van der Waals surface area contributed by atoms with Crippen LogP contribution >= 0.6 is 0 Å². The number of hydrogen-bond acceptors (Lipinski definition) is 5. The first kappa shape index (κ1) is 12.0. The van der Waals surface area contributed by atoms with Gasteiger partial charge in [-0.25, -0.2) is 4.90 Å². The highest BCUT2D eigenvalue weighted by molar-refractivity contribution is 6.19. The number of carbonyl (C=O) groups excluding carboxylic acids is 2. The summed E-state index contributed by atoms with van der Waals surface area (Å²) in [5.41, 5.74) is 5.71. The summed E-state index contributed by atoms with van der Waals surface area (Å²) in [5.74, 6) is -0.339. The Balaban J connectivity index is 2.04. The molecule has 0 aromatic heterocycles. The first-order valence-electron chi connectivity index (χ1n) is 6.08. The lowest BCUT2D eigenvalue weighted by Crippen LogP contribution is -2.47. The van der Waals surface area contributed by atoms with E-state index in [1.165, 1.54) is 6.07 Å². The second-order valence-corrected chi connectivity index (χ2v) is 4.99. The molecule has 1 saturated carbocycles. The number of hydrogen-bond donors (Lipinski definition) is 2. The number of ether oxygens (including phenoxy) is 1. The van der Waals surface area contributed by atoms with Gasteiger partial charge < -0.3 is 15.6 Å². The minimum absolute atomic E-state index is 0.176. The quantitative estimate of drug-likeness (QED) is 0.590. The molecule has 3 rings (SSSR count). The first-order valence-corrected chi connectivity index (χ1v) is 6.08. The van der Waals surface area contributed by atoms with Crippen molar-refractivity contribution in [2.24, 2.45) is 5.41 Å². The van der Waals surface area contributed by atoms with Crippen LogP contribution in [-0.2, 0) is 9.59 Å². The van der Waals surface area contributed by atoms with Gasteiger partial charge in [0.2, 0.25) is 5.91 Å². The minimum Gasteiger partial charge on any atom is -0.482 e. The van der Waals surface area contributed by atoms with Crippen LogP contribution < -0.4 is 15.4 Å². The van der Waals surface area contributed by atoms with Crippen LogP contribution in [0.15, 0.2) is 18.2 Å². The number of imide groups is 1. The molecule has 0 unspecified atom stereocenters. The van der Waals surface area contributed by atoms with E-state index in [2.05, 4.69) is 0 Å². The molecule has 1 aromatic carbocycles. The molecule has 1 aliphatic carbocycles. The van der Waals surface area contributed by atoms with E-state index in [-0.39, 0.29) is 19.1 Å². The van der Waals surface area contributed by atoms with Gasteiger partial charge in [0.25, 0.3) is 5.91 Å². The Morgan fingerprint density at radius 2 is 2.21 bits per heavy atom. The minimum atomic E-state index is -0.797. The van der Waals surface area contributed by atoms with Crippen molar-refractivity contribution in [2.45, 2.75) is 12.8 Å². The van der Waals surface area contributed by atoms with Crippen molar-refractivity contribution in [1.82, 2.24) is 0 Å². The van der Waals surface area contributed by atoms with Gasteiger partial charge in [0.15, 0.2) is 6.61 Å². The Hall–Kier alpha value is -2.08. The lowest BCUT2D eigenvalue weighted by Gasteiger charge is -2.30. The molecule has 1 aliphatic heterocycles. The van der Waals surface area contributed by atoms with Crippen LogP contribution in [0.1, 0.15) is 12.8 Å². The van der Waals surface area contributed by atoms with E-state index in [1.54, 1.807) is 12.1 Å². The summed E-state index contributed by atoms with van der Waals surface area (Å²) in [7, 11) is 0. The maximum absolute atomic E-state index is 12.4. The van der Waals surface area contributed by atoms with Crippen LogP contribution in [0, 0.1) is 5.41 Å². The molecular weight excluding hydrogens is 248 g/mol. The van der Waals surface area contributed by atoms with Crippen molar-refractivity contribution in [3.8, 4) is 5.75 Å². The zero-order chi connectivity index (χ0) is 13.6. The maximum atomic E-state index is 12.4. The molecule has 0 radical (unpaired) electrons. The first-order chi connectivity index (χ1) is 9.07. The summed E-state index contributed by atoms with van der Waals surface area (Å²) in [6.07, 6.45) is 1.20. The van der Waals surface area contributed by atoms with Gasteiger partial charge in [-0.15, -0.1) is 0 Å². The molecule has 19 heavy (non-hydrogen) atoms. The number of aliphatic hydroxyl groups is 1. The lowest BCUT2D eigenvalue weighted by atomic mass is 10.1. The number of benzene rings is 1. The zero-order valence-electron chi connectivity index (χ0n) is 10.3. The second kappa shape index (κ2) is 3.96. The summed E-state index contributed by atoms with van der Waals surface area (Å²) in [6, 6.07) is 4.82. The van der Waals surface area contributed by atoms with E-state index in [0.29, 0.717) is 30.0 Å². The number of amides is 2. The molecule has 100 valence electrons. The average Bonchev–Trinajstić information content (AvgIpc) is 3.19. The largest absolute Gasteiger partial charge is 0.482 e. The van der Waals surface area contributed by atoms with E-state index in [9.17, 15) is 14.7 Å². The molecule has 0 spiro atoms. The molecular formula is C13H14N2O4. The van der Waals surface area contributed by atoms with Gasteiger partial charge in [-0.05, 0) is 31.0 Å².